The first-order valence-corrected chi connectivity index (χ1v) is 17.6. The van der Waals surface area contributed by atoms with Gasteiger partial charge in [-0.1, -0.05) is 32.1 Å². The monoisotopic (exact) mass is 805 g/mol. The molecule has 230 valence electrons. The Morgan fingerprint density at radius 3 is 2.26 bits per heavy atom. The molecule has 2 aromatic carbocycles. The van der Waals surface area contributed by atoms with Crippen LogP contribution in [0.1, 0.15) is 92.2 Å². The van der Waals surface area contributed by atoms with E-state index >= 15 is 0 Å². The van der Waals surface area contributed by atoms with Crippen LogP contribution in [0, 0.1) is 7.14 Å². The average Bonchev–Trinajstić information content (AvgIpc) is 3.25. The molecule has 6 heteroatoms. The Kier molecular flexibility index (Phi) is 10.7. The normalized spacial score (nSPS) is 18.3. The molecular weight excluding hydrogens is 758 g/mol. The molecule has 0 amide bonds. The third kappa shape index (κ3) is 7.66. The van der Waals surface area contributed by atoms with Crippen molar-refractivity contribution < 1.29 is 14.1 Å². The number of esters is 1. The van der Waals surface area contributed by atoms with Gasteiger partial charge in [-0.2, -0.15) is 4.58 Å². The minimum atomic E-state index is -0.424. The number of unbranched alkanes of at least 4 members (excludes halogenated alkanes) is 2. The number of carbonyl (C=O) groups excluding carboxylic acids is 1. The van der Waals surface area contributed by atoms with Crippen LogP contribution in [0.15, 0.2) is 72.5 Å². The zero-order chi connectivity index (χ0) is 31.6. The molecule has 4 nitrogen and oxygen atoms in total. The third-order valence-electron chi connectivity index (χ3n) is 8.44. The fourth-order valence-electron chi connectivity index (χ4n) is 6.34. The largest absolute Gasteiger partial charge is 0.460 e. The number of anilines is 1. The van der Waals surface area contributed by atoms with Crippen LogP contribution >= 0.6 is 45.2 Å². The molecule has 0 radical (unpaired) electrons. The summed E-state index contributed by atoms with van der Waals surface area (Å²) in [5, 5.41) is 0. The molecule has 0 unspecified atom stereocenters. The molecule has 2 aliphatic heterocycles. The molecule has 2 aromatic rings. The highest BCUT2D eigenvalue weighted by Crippen LogP contribution is 2.48. The van der Waals surface area contributed by atoms with Gasteiger partial charge in [0.15, 0.2) is 5.71 Å². The molecule has 0 fully saturated rings. The summed E-state index contributed by atoms with van der Waals surface area (Å²) in [4.78, 5) is 14.6. The van der Waals surface area contributed by atoms with E-state index in [0.717, 1.165) is 32.4 Å². The zero-order valence-electron chi connectivity index (χ0n) is 27.1. The van der Waals surface area contributed by atoms with Gasteiger partial charge < -0.3 is 9.64 Å². The van der Waals surface area contributed by atoms with Crippen LogP contribution in [0.4, 0.5) is 11.4 Å². The lowest BCUT2D eigenvalue weighted by Gasteiger charge is -2.25. The van der Waals surface area contributed by atoms with Crippen LogP contribution in [0.25, 0.3) is 0 Å². The minimum Gasteiger partial charge on any atom is -0.460 e. The van der Waals surface area contributed by atoms with E-state index in [4.69, 9.17) is 4.74 Å². The predicted octanol–water partition coefficient (Wildman–Crippen LogP) is 9.99. The van der Waals surface area contributed by atoms with E-state index in [-0.39, 0.29) is 16.8 Å². The van der Waals surface area contributed by atoms with Gasteiger partial charge in [-0.3, -0.25) is 4.79 Å². The number of ether oxygens (including phenoxy) is 1. The van der Waals surface area contributed by atoms with Gasteiger partial charge in [0.05, 0.1) is 5.41 Å². The minimum absolute atomic E-state index is 0.0398. The molecule has 0 aromatic heterocycles. The number of fused-ring (bicyclic) bond motifs is 2. The Bertz CT molecular complexity index is 1490. The maximum Gasteiger partial charge on any atom is 0.306 e. The summed E-state index contributed by atoms with van der Waals surface area (Å²) >= 11 is 4.83. The van der Waals surface area contributed by atoms with Crippen molar-refractivity contribution in [2.45, 2.75) is 97.5 Å². The summed E-state index contributed by atoms with van der Waals surface area (Å²) in [6.07, 6.45) is 14.4. The SMILES string of the molecule is CCN1C(=CC=CC=CC2=[N+](CCCCCC(=O)OC(C)(C)C)c3ccc(I)cc3C2(C)C)C(C)(C)c2cc(I)ccc21. The van der Waals surface area contributed by atoms with Crippen LogP contribution in [-0.4, -0.2) is 34.9 Å². The number of carbonyl (C=O) groups is 1. The number of halogens is 2. The molecule has 0 saturated carbocycles. The van der Waals surface area contributed by atoms with Crippen LogP contribution in [0.3, 0.4) is 0 Å². The molecule has 2 aliphatic rings. The van der Waals surface area contributed by atoms with Gasteiger partial charge in [0.1, 0.15) is 12.1 Å². The second-order valence-electron chi connectivity index (χ2n) is 13.5. The third-order valence-corrected chi connectivity index (χ3v) is 9.78. The lowest BCUT2D eigenvalue weighted by molar-refractivity contribution is -0.438. The van der Waals surface area contributed by atoms with E-state index < -0.39 is 5.60 Å². The highest BCUT2D eigenvalue weighted by atomic mass is 127. The number of rotatable bonds is 10. The Labute approximate surface area is 286 Å². The van der Waals surface area contributed by atoms with Crippen molar-refractivity contribution in [1.82, 2.24) is 0 Å². The molecule has 0 bridgehead atoms. The topological polar surface area (TPSA) is 32.5 Å². The first-order chi connectivity index (χ1) is 20.2. The van der Waals surface area contributed by atoms with Crippen molar-refractivity contribution in [1.29, 1.82) is 0 Å². The molecular formula is C37H47I2N2O2+. The predicted molar refractivity (Wildman–Crippen MR) is 198 cm³/mol. The number of likely N-dealkylation sites (N-methyl/N-ethyl adjacent to an activating group) is 1. The molecule has 0 atom stereocenters. The maximum atomic E-state index is 12.1. The summed E-state index contributed by atoms with van der Waals surface area (Å²) in [6.45, 7) is 19.2. The number of allylic oxidation sites excluding steroid dienone is 6. The van der Waals surface area contributed by atoms with Gasteiger partial charge >= 0.3 is 5.97 Å². The van der Waals surface area contributed by atoms with Gasteiger partial charge in [0, 0.05) is 61.0 Å². The van der Waals surface area contributed by atoms with Crippen molar-refractivity contribution in [3.63, 3.8) is 0 Å². The summed E-state index contributed by atoms with van der Waals surface area (Å²) in [7, 11) is 0. The molecule has 0 saturated heterocycles. The van der Waals surface area contributed by atoms with Crippen molar-refractivity contribution in [3.05, 3.63) is 90.7 Å². The van der Waals surface area contributed by atoms with Gasteiger partial charge in [-0.15, -0.1) is 0 Å². The van der Waals surface area contributed by atoms with E-state index in [1.165, 1.54) is 41.1 Å². The smallest absolute Gasteiger partial charge is 0.306 e. The van der Waals surface area contributed by atoms with E-state index in [2.05, 4.69) is 156 Å². The molecule has 2 heterocycles. The first kappa shape index (κ1) is 33.9. The van der Waals surface area contributed by atoms with Gasteiger partial charge in [-0.25, -0.2) is 0 Å². The first-order valence-electron chi connectivity index (χ1n) is 15.5. The molecule has 4 rings (SSSR count). The van der Waals surface area contributed by atoms with Crippen LogP contribution in [0.2, 0.25) is 0 Å². The van der Waals surface area contributed by atoms with Gasteiger partial charge in [0.2, 0.25) is 5.69 Å². The van der Waals surface area contributed by atoms with E-state index in [9.17, 15) is 4.79 Å². The number of hydrogen-bond donors (Lipinski definition) is 0. The van der Waals surface area contributed by atoms with Crippen molar-refractivity contribution in [3.8, 4) is 0 Å². The van der Waals surface area contributed by atoms with Crippen molar-refractivity contribution in [2.75, 3.05) is 18.0 Å². The van der Waals surface area contributed by atoms with E-state index in [0.29, 0.717) is 6.42 Å². The van der Waals surface area contributed by atoms with Crippen LogP contribution in [-0.2, 0) is 20.4 Å². The Morgan fingerprint density at radius 1 is 0.907 bits per heavy atom. The number of nitrogens with zero attached hydrogens (tertiary/aromatic N) is 2. The fraction of sp³-hybridized carbons (Fsp3) is 0.459. The zero-order valence-corrected chi connectivity index (χ0v) is 31.4. The van der Waals surface area contributed by atoms with Gasteiger partial charge in [-0.05, 0) is 142 Å². The molecule has 0 N–H and O–H groups in total. The lowest BCUT2D eigenvalue weighted by Crippen LogP contribution is -2.28. The average molecular weight is 806 g/mol. The van der Waals surface area contributed by atoms with Crippen molar-refractivity contribution in [2.24, 2.45) is 0 Å². The Hall–Kier alpha value is -1.94. The Balaban J connectivity index is 1.52. The number of benzene rings is 2. The van der Waals surface area contributed by atoms with Gasteiger partial charge in [0.25, 0.3) is 0 Å². The fourth-order valence-corrected chi connectivity index (χ4v) is 7.33. The highest BCUT2D eigenvalue weighted by molar-refractivity contribution is 14.1. The van der Waals surface area contributed by atoms with Crippen LogP contribution in [0.5, 0.6) is 0 Å². The molecule has 0 spiro atoms. The van der Waals surface area contributed by atoms with E-state index in [1.54, 1.807) is 0 Å². The second-order valence-corrected chi connectivity index (χ2v) is 16.0. The lowest BCUT2D eigenvalue weighted by atomic mass is 9.81. The van der Waals surface area contributed by atoms with Crippen molar-refractivity contribution >= 4 is 68.2 Å². The number of hydrogen-bond acceptors (Lipinski definition) is 3. The second kappa shape index (κ2) is 13.6. The van der Waals surface area contributed by atoms with Crippen LogP contribution < -0.4 is 4.90 Å². The maximum absolute atomic E-state index is 12.1. The molecule has 43 heavy (non-hydrogen) atoms. The summed E-state index contributed by atoms with van der Waals surface area (Å²) in [5.74, 6) is -0.103. The highest BCUT2D eigenvalue weighted by Gasteiger charge is 2.44. The summed E-state index contributed by atoms with van der Waals surface area (Å²) in [6, 6.07) is 13.6. The van der Waals surface area contributed by atoms with E-state index in [1.807, 2.05) is 20.8 Å². The standard InChI is InChI=1S/C37H47I2N2O2/c1-9-40-30-21-19-26(38)24-28(30)36(5,6)32(40)16-12-10-13-17-33-37(7,8)29-25-27(39)20-22-31(29)41(33)23-15-11-14-18-34(42)43-35(2,3)4/h10,12-13,16-17,19-22,24-25H,9,11,14-15,18,23H2,1-8H3/q+1. The molecule has 0 aliphatic carbocycles. The summed E-state index contributed by atoms with van der Waals surface area (Å²) in [5.41, 5.74) is 7.47. The quantitative estimate of drug-likeness (QED) is 0.0789. The summed E-state index contributed by atoms with van der Waals surface area (Å²) < 4.78 is 10.5. The Morgan fingerprint density at radius 2 is 1.58 bits per heavy atom.